The van der Waals surface area contributed by atoms with Gasteiger partial charge in [0.05, 0.1) is 5.75 Å². The van der Waals surface area contributed by atoms with Crippen molar-refractivity contribution in [1.82, 2.24) is 9.88 Å². The average molecular weight is 391 g/mol. The molecule has 0 unspecified atom stereocenters. The Morgan fingerprint density at radius 1 is 1.19 bits per heavy atom. The van der Waals surface area contributed by atoms with Crippen LogP contribution >= 0.6 is 23.1 Å². The van der Waals surface area contributed by atoms with Crippen LogP contribution in [0.15, 0.2) is 34.0 Å². The van der Waals surface area contributed by atoms with E-state index in [0.717, 1.165) is 47.6 Å². The lowest BCUT2D eigenvalue weighted by molar-refractivity contribution is -0.129. The van der Waals surface area contributed by atoms with E-state index >= 15 is 0 Å². The van der Waals surface area contributed by atoms with E-state index < -0.39 is 0 Å². The summed E-state index contributed by atoms with van der Waals surface area (Å²) in [6.07, 6.45) is 0. The Hall–Kier alpha value is -2.06. The van der Waals surface area contributed by atoms with Gasteiger partial charge in [-0.2, -0.15) is 0 Å². The van der Waals surface area contributed by atoms with Crippen molar-refractivity contribution in [3.05, 3.63) is 35.3 Å². The predicted molar refractivity (Wildman–Crippen MR) is 107 cm³/mol. The third-order valence-electron chi connectivity index (χ3n) is 4.17. The second-order valence-electron chi connectivity index (χ2n) is 6.13. The zero-order valence-corrected chi connectivity index (χ0v) is 16.5. The largest absolute Gasteiger partial charge is 0.368 e. The molecule has 1 N–H and O–H groups in total. The normalized spacial score (nSPS) is 14.4. The predicted octanol–water partition coefficient (Wildman–Crippen LogP) is 2.85. The lowest BCUT2D eigenvalue weighted by Crippen LogP contribution is -2.48. The Morgan fingerprint density at radius 3 is 2.46 bits per heavy atom. The summed E-state index contributed by atoms with van der Waals surface area (Å²) in [5, 5.41) is 4.90. The van der Waals surface area contributed by atoms with Gasteiger partial charge < -0.3 is 15.1 Å². The smallest absolute Gasteiger partial charge is 0.234 e. The first-order chi connectivity index (χ1) is 12.5. The summed E-state index contributed by atoms with van der Waals surface area (Å²) < 4.78 is 0.915. The maximum atomic E-state index is 12.1. The standard InChI is InChI=1S/C18H22N4O2S2/c1-13-11-25-18(19-13)26-12-17(24)20-15-3-5-16(6-4-15)22-9-7-21(8-10-22)14(2)23/h3-6,11H,7-10,12H2,1-2H3,(H,20,24). The fourth-order valence-corrected chi connectivity index (χ4v) is 4.41. The van der Waals surface area contributed by atoms with Crippen LogP contribution in [0.25, 0.3) is 0 Å². The third kappa shape index (κ3) is 4.98. The maximum absolute atomic E-state index is 12.1. The highest BCUT2D eigenvalue weighted by Crippen LogP contribution is 2.23. The van der Waals surface area contributed by atoms with Crippen LogP contribution in [-0.2, 0) is 9.59 Å². The number of amides is 2. The van der Waals surface area contributed by atoms with Gasteiger partial charge in [-0.05, 0) is 31.2 Å². The molecule has 1 aromatic heterocycles. The van der Waals surface area contributed by atoms with Crippen LogP contribution in [0.5, 0.6) is 0 Å². The molecule has 26 heavy (non-hydrogen) atoms. The molecular formula is C18H22N4O2S2. The summed E-state index contributed by atoms with van der Waals surface area (Å²) in [6.45, 7) is 6.72. The molecule has 1 saturated heterocycles. The molecular weight excluding hydrogens is 368 g/mol. The highest BCUT2D eigenvalue weighted by molar-refractivity contribution is 8.01. The van der Waals surface area contributed by atoms with Gasteiger partial charge in [-0.15, -0.1) is 11.3 Å². The summed E-state index contributed by atoms with van der Waals surface area (Å²) in [5.41, 5.74) is 2.88. The van der Waals surface area contributed by atoms with Crippen molar-refractivity contribution in [2.45, 2.75) is 18.2 Å². The molecule has 2 amide bonds. The van der Waals surface area contributed by atoms with Crippen LogP contribution in [0.1, 0.15) is 12.6 Å². The number of piperazine rings is 1. The van der Waals surface area contributed by atoms with Crippen molar-refractivity contribution in [3.63, 3.8) is 0 Å². The molecule has 0 atom stereocenters. The van der Waals surface area contributed by atoms with Crippen LogP contribution in [0.4, 0.5) is 11.4 Å². The van der Waals surface area contributed by atoms with Crippen molar-refractivity contribution in [2.75, 3.05) is 42.1 Å². The van der Waals surface area contributed by atoms with Crippen LogP contribution in [0.3, 0.4) is 0 Å². The quantitative estimate of drug-likeness (QED) is 0.796. The van der Waals surface area contributed by atoms with Gasteiger partial charge in [-0.3, -0.25) is 9.59 Å². The number of benzene rings is 1. The van der Waals surface area contributed by atoms with Crippen molar-refractivity contribution in [3.8, 4) is 0 Å². The van der Waals surface area contributed by atoms with Gasteiger partial charge in [-0.1, -0.05) is 11.8 Å². The number of nitrogens with zero attached hydrogens (tertiary/aromatic N) is 3. The van der Waals surface area contributed by atoms with E-state index in [1.54, 1.807) is 18.3 Å². The lowest BCUT2D eigenvalue weighted by Gasteiger charge is -2.35. The number of thioether (sulfide) groups is 1. The highest BCUT2D eigenvalue weighted by Gasteiger charge is 2.18. The number of nitrogens with one attached hydrogen (secondary N) is 1. The number of carbonyl (C=O) groups is 2. The third-order valence-corrected chi connectivity index (χ3v) is 6.30. The number of rotatable bonds is 5. The van der Waals surface area contributed by atoms with E-state index in [1.807, 2.05) is 41.5 Å². The van der Waals surface area contributed by atoms with Gasteiger partial charge in [0.25, 0.3) is 0 Å². The second kappa shape index (κ2) is 8.55. The van der Waals surface area contributed by atoms with Gasteiger partial charge in [0, 0.05) is 55.6 Å². The average Bonchev–Trinajstić information content (AvgIpc) is 3.06. The van der Waals surface area contributed by atoms with Gasteiger partial charge >= 0.3 is 0 Å². The number of anilines is 2. The van der Waals surface area contributed by atoms with Crippen molar-refractivity contribution in [1.29, 1.82) is 0 Å². The lowest BCUT2D eigenvalue weighted by atomic mass is 10.2. The Morgan fingerprint density at radius 2 is 1.88 bits per heavy atom. The van der Waals surface area contributed by atoms with E-state index in [-0.39, 0.29) is 11.8 Å². The molecule has 0 radical (unpaired) electrons. The molecule has 0 bridgehead atoms. The molecule has 0 spiro atoms. The van der Waals surface area contributed by atoms with E-state index in [4.69, 9.17) is 0 Å². The van der Waals surface area contributed by atoms with Gasteiger partial charge in [0.15, 0.2) is 4.34 Å². The number of aryl methyl sites for hydroxylation is 1. The van der Waals surface area contributed by atoms with Crippen molar-refractivity contribution < 1.29 is 9.59 Å². The first-order valence-corrected chi connectivity index (χ1v) is 10.3. The second-order valence-corrected chi connectivity index (χ2v) is 8.21. The zero-order valence-electron chi connectivity index (χ0n) is 14.9. The number of hydrogen-bond acceptors (Lipinski definition) is 6. The number of thiazole rings is 1. The summed E-state index contributed by atoms with van der Waals surface area (Å²) >= 11 is 3.01. The molecule has 1 aliphatic rings. The molecule has 138 valence electrons. The van der Waals surface area contributed by atoms with Gasteiger partial charge in [0.2, 0.25) is 11.8 Å². The molecule has 8 heteroatoms. The number of carbonyl (C=O) groups excluding carboxylic acids is 2. The minimum Gasteiger partial charge on any atom is -0.368 e. The summed E-state index contributed by atoms with van der Waals surface area (Å²) in [7, 11) is 0. The Bertz CT molecular complexity index is 768. The van der Waals surface area contributed by atoms with Crippen LogP contribution in [0, 0.1) is 6.92 Å². The Kier molecular flexibility index (Phi) is 6.16. The molecule has 1 aromatic carbocycles. The van der Waals surface area contributed by atoms with E-state index in [9.17, 15) is 9.59 Å². The molecule has 2 aromatic rings. The zero-order chi connectivity index (χ0) is 18.5. The Balaban J connectivity index is 1.48. The molecule has 6 nitrogen and oxygen atoms in total. The van der Waals surface area contributed by atoms with E-state index in [0.29, 0.717) is 5.75 Å². The number of aromatic nitrogens is 1. The fourth-order valence-electron chi connectivity index (χ4n) is 2.76. The summed E-state index contributed by atoms with van der Waals surface area (Å²) in [6, 6.07) is 7.86. The first kappa shape index (κ1) is 18.7. The highest BCUT2D eigenvalue weighted by atomic mass is 32.2. The maximum Gasteiger partial charge on any atom is 0.234 e. The van der Waals surface area contributed by atoms with E-state index in [1.165, 1.54) is 11.8 Å². The van der Waals surface area contributed by atoms with Gasteiger partial charge in [0.1, 0.15) is 0 Å². The minimum atomic E-state index is -0.0364. The van der Waals surface area contributed by atoms with Crippen molar-refractivity contribution >= 4 is 46.3 Å². The molecule has 3 rings (SSSR count). The topological polar surface area (TPSA) is 65.5 Å². The molecule has 0 saturated carbocycles. The Labute approximate surface area is 161 Å². The van der Waals surface area contributed by atoms with Crippen LogP contribution < -0.4 is 10.2 Å². The molecule has 0 aliphatic carbocycles. The summed E-state index contributed by atoms with van der Waals surface area (Å²) in [4.78, 5) is 31.9. The van der Waals surface area contributed by atoms with Crippen molar-refractivity contribution in [2.24, 2.45) is 0 Å². The molecule has 1 fully saturated rings. The van der Waals surface area contributed by atoms with Gasteiger partial charge in [-0.25, -0.2) is 4.98 Å². The fraction of sp³-hybridized carbons (Fsp3) is 0.389. The SMILES string of the molecule is CC(=O)N1CCN(c2ccc(NC(=O)CSc3nc(C)cs3)cc2)CC1. The van der Waals surface area contributed by atoms with E-state index in [2.05, 4.69) is 15.2 Å². The van der Waals surface area contributed by atoms with Crippen LogP contribution in [-0.4, -0.2) is 53.6 Å². The monoisotopic (exact) mass is 390 g/mol. The minimum absolute atomic E-state index is 0.0364. The molecule has 2 heterocycles. The first-order valence-electron chi connectivity index (χ1n) is 8.46. The number of hydrogen-bond donors (Lipinski definition) is 1. The van der Waals surface area contributed by atoms with Crippen LogP contribution in [0.2, 0.25) is 0 Å². The molecule has 1 aliphatic heterocycles. The summed E-state index contributed by atoms with van der Waals surface area (Å²) in [5.74, 6) is 0.445.